The van der Waals surface area contributed by atoms with Gasteiger partial charge in [-0.2, -0.15) is 62.5 Å². The maximum absolute atomic E-state index is 11.9. The van der Waals surface area contributed by atoms with Crippen LogP contribution in [0.1, 0.15) is 44.5 Å². The maximum atomic E-state index is 11.9. The van der Waals surface area contributed by atoms with Crippen molar-refractivity contribution in [2.24, 2.45) is 40.9 Å². The summed E-state index contributed by atoms with van der Waals surface area (Å²) in [6.07, 6.45) is 2.42. The SMILES string of the molecule is C=Cc1ccc(N=Nc2c(S(=O)(=O)O)cc3cc(C)cc(N)c3c2O)cc1S(=O)(=O)O.C=Cc1ccc(N=Nc2c(S(=O)(=O)O)cc3cc(C)cc(N)c3c2O)cc1S(=O)(=O)O.Cc1cccc(N=Nc2c(C)cc3cc(S(=O)(=O)O)cc(N)c3c2O)c1.Cc1cccc(N=Nc2c(C)cc3ccc(N)cc3c2O)c1. The molecule has 0 radical (unpaired) electrons. The minimum absolute atomic E-state index is 0.0135. The van der Waals surface area contributed by atoms with E-state index in [0.29, 0.717) is 44.5 Å². The van der Waals surface area contributed by atoms with Crippen LogP contribution in [-0.4, -0.2) is 85.3 Å². The molecule has 568 valence electrons. The van der Waals surface area contributed by atoms with Gasteiger partial charge in [0.1, 0.15) is 42.3 Å². The van der Waals surface area contributed by atoms with Gasteiger partial charge >= 0.3 is 0 Å². The predicted octanol–water partition coefficient (Wildman–Crippen LogP) is 17.5. The second-order valence-corrected chi connectivity index (χ2v) is 31.6. The third kappa shape index (κ3) is 18.9. The minimum atomic E-state index is -4.82. The van der Waals surface area contributed by atoms with Crippen molar-refractivity contribution in [3.8, 4) is 23.0 Å². The van der Waals surface area contributed by atoms with Crippen LogP contribution in [0.25, 0.3) is 55.2 Å². The van der Waals surface area contributed by atoms with Gasteiger partial charge in [-0.05, 0) is 217 Å². The monoisotopic (exact) mass is 1590 g/mol. The van der Waals surface area contributed by atoms with Gasteiger partial charge in [0.25, 0.3) is 50.6 Å². The van der Waals surface area contributed by atoms with E-state index in [1.165, 1.54) is 42.5 Å². The van der Waals surface area contributed by atoms with E-state index in [9.17, 15) is 85.3 Å². The van der Waals surface area contributed by atoms with Crippen molar-refractivity contribution in [3.05, 3.63) is 221 Å². The Hall–Kier alpha value is -12.5. The number of azo groups is 4. The topological polar surface area (TPSA) is 556 Å². The van der Waals surface area contributed by atoms with Crippen LogP contribution < -0.4 is 22.9 Å². The molecule has 0 bridgehead atoms. The molecule has 0 amide bonds. The molecule has 17 N–H and O–H groups in total. The lowest BCUT2D eigenvalue weighted by atomic mass is 10.0. The molecule has 0 heterocycles. The van der Waals surface area contributed by atoms with E-state index >= 15 is 0 Å². The summed E-state index contributed by atoms with van der Waals surface area (Å²) in [7, 11) is -23.3. The molecule has 12 aromatic carbocycles. The molecular weight excluding hydrogens is 1520 g/mol. The van der Waals surface area contributed by atoms with Crippen LogP contribution in [0.2, 0.25) is 0 Å². The molecule has 0 saturated carbocycles. The van der Waals surface area contributed by atoms with Crippen LogP contribution in [0.3, 0.4) is 0 Å². The molecule has 110 heavy (non-hydrogen) atoms. The van der Waals surface area contributed by atoms with Crippen LogP contribution in [0.5, 0.6) is 23.0 Å². The number of aromatic hydroxyl groups is 4. The summed E-state index contributed by atoms with van der Waals surface area (Å²) >= 11 is 0. The summed E-state index contributed by atoms with van der Waals surface area (Å²) in [6.45, 7) is 17.9. The molecule has 0 atom stereocenters. The van der Waals surface area contributed by atoms with E-state index in [0.717, 1.165) is 58.1 Å². The molecule has 0 saturated heterocycles. The molecule has 36 heteroatoms. The van der Waals surface area contributed by atoms with E-state index < -0.39 is 93.0 Å². The van der Waals surface area contributed by atoms with Gasteiger partial charge in [0.05, 0.1) is 27.6 Å². The summed E-state index contributed by atoms with van der Waals surface area (Å²) in [4.78, 5) is -2.75. The zero-order valence-corrected chi connectivity index (χ0v) is 62.8. The quantitative estimate of drug-likeness (QED) is 0.0257. The summed E-state index contributed by atoms with van der Waals surface area (Å²) in [5, 5.41) is 77.0. The van der Waals surface area contributed by atoms with Crippen LogP contribution in [0.15, 0.2) is 242 Å². The maximum Gasteiger partial charge on any atom is 0.296 e. The summed E-state index contributed by atoms with van der Waals surface area (Å²) < 4.78 is 164. The normalized spacial score (nSPS) is 12.2. The second kappa shape index (κ2) is 32.1. The van der Waals surface area contributed by atoms with E-state index in [-0.39, 0.29) is 88.6 Å². The number of phenols is 4. The van der Waals surface area contributed by atoms with Crippen molar-refractivity contribution in [1.82, 2.24) is 0 Å². The molecule has 12 aromatic rings. The Labute approximate surface area is 629 Å². The lowest BCUT2D eigenvalue weighted by molar-refractivity contribution is 0.472. The summed E-state index contributed by atoms with van der Waals surface area (Å²) in [5.41, 5.74) is 30.4. The molecule has 31 nitrogen and oxygen atoms in total. The number of hydrogen-bond acceptors (Lipinski definition) is 26. The number of anilines is 4. The fourth-order valence-corrected chi connectivity index (χ4v) is 14.6. The molecule has 0 aliphatic rings. The molecule has 0 aliphatic carbocycles. The molecule has 0 spiro atoms. The highest BCUT2D eigenvalue weighted by atomic mass is 32.2. The van der Waals surface area contributed by atoms with E-state index in [2.05, 4.69) is 54.1 Å². The van der Waals surface area contributed by atoms with Gasteiger partial charge in [0.2, 0.25) is 0 Å². The van der Waals surface area contributed by atoms with Crippen LogP contribution in [-0.2, 0) is 50.6 Å². The Morgan fingerprint density at radius 2 is 0.673 bits per heavy atom. The van der Waals surface area contributed by atoms with Gasteiger partial charge in [-0.25, -0.2) is 0 Å². The van der Waals surface area contributed by atoms with Crippen molar-refractivity contribution in [1.29, 1.82) is 0 Å². The Bertz CT molecular complexity index is 6330. The zero-order valence-electron chi connectivity index (χ0n) is 58.7. The highest BCUT2D eigenvalue weighted by Crippen LogP contribution is 2.48. The number of nitrogen functional groups attached to an aromatic ring is 4. The summed E-state index contributed by atoms with van der Waals surface area (Å²) in [6, 6.07) is 42.2. The van der Waals surface area contributed by atoms with Gasteiger partial charge < -0.3 is 43.4 Å². The van der Waals surface area contributed by atoms with E-state index in [4.69, 9.17) is 22.9 Å². The number of nitrogens with zero attached hydrogens (tertiary/aromatic N) is 8. The first kappa shape index (κ1) is 81.6. The van der Waals surface area contributed by atoms with Crippen molar-refractivity contribution < 1.29 is 85.3 Å². The van der Waals surface area contributed by atoms with Gasteiger partial charge in [0, 0.05) is 44.3 Å². The predicted molar refractivity (Wildman–Crippen MR) is 420 cm³/mol. The van der Waals surface area contributed by atoms with Crippen molar-refractivity contribution >= 4 is 174 Å². The molecule has 0 aliphatic heterocycles. The Morgan fingerprint density at radius 1 is 0.318 bits per heavy atom. The molecule has 0 fully saturated rings. The van der Waals surface area contributed by atoms with Gasteiger partial charge in [-0.3, -0.25) is 22.8 Å². The number of nitrogens with two attached hydrogens (primary N) is 4. The molecule has 0 aromatic heterocycles. The molecule has 0 unspecified atom stereocenters. The third-order valence-electron chi connectivity index (χ3n) is 16.2. The van der Waals surface area contributed by atoms with Crippen molar-refractivity contribution in [3.63, 3.8) is 0 Å². The largest absolute Gasteiger partial charge is 0.505 e. The number of hydrogen-bond donors (Lipinski definition) is 13. The average molecular weight is 1590 g/mol. The number of phenolic OH excluding ortho intramolecular Hbond substituents is 4. The smallest absolute Gasteiger partial charge is 0.296 e. The Kier molecular flexibility index (Phi) is 23.8. The highest BCUT2D eigenvalue weighted by molar-refractivity contribution is 7.87. The highest BCUT2D eigenvalue weighted by Gasteiger charge is 2.27. The lowest BCUT2D eigenvalue weighted by Gasteiger charge is -2.11. The van der Waals surface area contributed by atoms with Crippen LogP contribution in [0.4, 0.5) is 68.2 Å². The first-order chi connectivity index (χ1) is 51.4. The molecule has 12 rings (SSSR count). The minimum Gasteiger partial charge on any atom is -0.505 e. The standard InChI is InChI=1S/2C19H17N3O7S2.C18H17N3O4S.C18H17N3O/c2*1-3-11-4-5-13(9-15(11)30(24,25)26)21-22-18-16(31(27,28)29)8-12-6-10(2)7-14(20)17(12)19(18)23;1-10-4-3-5-13(6-10)20-21-17-11(2)7-12-8-14(26(23,24)25)9-15(19)16(12)18(17)22;1-11-4-3-5-15(8-11)20-21-17-12(2)9-13-6-7-14(19)10-16(13)18(17)22/h2*3-9,23H,1,20H2,2H3,(H,24,25,26)(H,27,28,29);3-9,22H,19H2,1-2H3,(H,23,24,25);3-10,22H,19H2,1-2H3. The van der Waals surface area contributed by atoms with Gasteiger partial charge in [-0.15, -0.1) is 20.5 Å². The Balaban J connectivity index is 0.000000170. The van der Waals surface area contributed by atoms with Gasteiger partial charge in [-0.1, -0.05) is 79.9 Å². The molecular formula is C74H68N12O19S5. The van der Waals surface area contributed by atoms with Crippen LogP contribution in [0, 0.1) is 41.5 Å². The summed E-state index contributed by atoms with van der Waals surface area (Å²) in [5.74, 6) is -1.36. The third-order valence-corrected chi connectivity index (χ3v) is 20.6. The first-order valence-electron chi connectivity index (χ1n) is 31.8. The fourth-order valence-electron chi connectivity index (χ4n) is 11.3. The zero-order chi connectivity index (χ0) is 81.0. The lowest BCUT2D eigenvalue weighted by Crippen LogP contribution is -2.00. The van der Waals surface area contributed by atoms with Crippen molar-refractivity contribution in [2.75, 3.05) is 22.9 Å². The average Bonchev–Trinajstić information content (AvgIpc) is 0.751. The fraction of sp³-hybridized carbons (Fsp3) is 0.0811. The van der Waals surface area contributed by atoms with E-state index in [1.807, 2.05) is 81.4 Å². The van der Waals surface area contributed by atoms with Crippen LogP contribution >= 0.6 is 0 Å². The number of aryl methyl sites for hydroxylation is 6. The number of benzene rings is 12. The Morgan fingerprint density at radius 3 is 1.05 bits per heavy atom. The van der Waals surface area contributed by atoms with Crippen molar-refractivity contribution in [2.45, 2.75) is 66.0 Å². The number of fused-ring (bicyclic) bond motifs is 4. The number of rotatable bonds is 15. The van der Waals surface area contributed by atoms with Gasteiger partial charge in [0.15, 0.2) is 23.0 Å². The second-order valence-electron chi connectivity index (χ2n) is 24.6. The first-order valence-corrected chi connectivity index (χ1v) is 39.0. The van der Waals surface area contributed by atoms with E-state index in [1.54, 1.807) is 63.2 Å².